The molecule has 0 spiro atoms. The third-order valence-electron chi connectivity index (χ3n) is 5.91. The lowest BCUT2D eigenvalue weighted by Crippen LogP contribution is -2.14. The predicted octanol–water partition coefficient (Wildman–Crippen LogP) is 4.91. The summed E-state index contributed by atoms with van der Waals surface area (Å²) in [5, 5.41) is 9.36. The number of carbonyl (C=O) groups excluding carboxylic acids is 2. The van der Waals surface area contributed by atoms with E-state index in [-0.39, 0.29) is 49.7 Å². The van der Waals surface area contributed by atoms with Crippen LogP contribution in [0, 0.1) is 0 Å². The van der Waals surface area contributed by atoms with E-state index in [1.54, 1.807) is 6.08 Å². The number of rotatable bonds is 12. The van der Waals surface area contributed by atoms with Crippen LogP contribution in [0.15, 0.2) is 129 Å². The Kier molecular flexibility index (Phi) is 9.63. The maximum Gasteiger partial charge on any atom is 0.311 e. The molecular weight excluding hydrogens is 596 g/mol. The molecule has 4 rings (SSSR count). The van der Waals surface area contributed by atoms with Crippen LogP contribution in [0.25, 0.3) is 0 Å². The van der Waals surface area contributed by atoms with Crippen LogP contribution in [-0.2, 0) is 29.3 Å². The van der Waals surface area contributed by atoms with Crippen LogP contribution in [0.2, 0.25) is 0 Å². The van der Waals surface area contributed by atoms with E-state index in [0.717, 1.165) is 0 Å². The topological polar surface area (TPSA) is 150 Å². The van der Waals surface area contributed by atoms with Gasteiger partial charge in [0.2, 0.25) is 19.7 Å². The molecule has 0 radical (unpaired) electrons. The molecule has 0 aliphatic rings. The summed E-state index contributed by atoms with van der Waals surface area (Å²) >= 11 is 0. The lowest BCUT2D eigenvalue weighted by Gasteiger charge is -2.09. The molecule has 10 nitrogen and oxygen atoms in total. The number of carbonyl (C=O) groups is 2. The molecule has 1 N–H and O–H groups in total. The van der Waals surface area contributed by atoms with Crippen molar-refractivity contribution in [3.05, 3.63) is 110 Å². The molecule has 0 aliphatic carbocycles. The lowest BCUT2D eigenvalue weighted by molar-refractivity contribution is -0.140. The molecule has 0 saturated carbocycles. The smallest absolute Gasteiger partial charge is 0.311 e. The van der Waals surface area contributed by atoms with Crippen LogP contribution in [0.3, 0.4) is 0 Å². The lowest BCUT2D eigenvalue weighted by atomic mass is 10.3. The molecule has 0 heterocycles. The van der Waals surface area contributed by atoms with Crippen LogP contribution in [0.5, 0.6) is 23.0 Å². The highest BCUT2D eigenvalue weighted by Gasteiger charge is 2.20. The number of hydrogen-bond donors (Lipinski definition) is 1. The van der Waals surface area contributed by atoms with E-state index < -0.39 is 31.6 Å². The summed E-state index contributed by atoms with van der Waals surface area (Å²) in [4.78, 5) is 24.5. The van der Waals surface area contributed by atoms with Gasteiger partial charge < -0.3 is 19.3 Å². The van der Waals surface area contributed by atoms with Gasteiger partial charge in [-0.2, -0.15) is 0 Å². The molecule has 0 atom stereocenters. The van der Waals surface area contributed by atoms with Crippen molar-refractivity contribution in [1.82, 2.24) is 0 Å². The Morgan fingerprint density at radius 2 is 0.907 bits per heavy atom. The van der Waals surface area contributed by atoms with Crippen molar-refractivity contribution < 1.29 is 45.7 Å². The van der Waals surface area contributed by atoms with Crippen molar-refractivity contribution in [2.24, 2.45) is 0 Å². The molecule has 0 amide bonds. The highest BCUT2D eigenvalue weighted by atomic mass is 32.2. The highest BCUT2D eigenvalue weighted by molar-refractivity contribution is 7.91. The Labute approximate surface area is 248 Å². The number of aromatic hydroxyl groups is 1. The number of hydrogen-bond acceptors (Lipinski definition) is 10. The van der Waals surface area contributed by atoms with Gasteiger partial charge in [-0.05, 0) is 97.1 Å². The summed E-state index contributed by atoms with van der Waals surface area (Å²) in [5.74, 6) is -0.871. The average molecular weight is 623 g/mol. The highest BCUT2D eigenvalue weighted by Crippen LogP contribution is 2.26. The minimum atomic E-state index is -3.84. The molecule has 0 aromatic heterocycles. The van der Waals surface area contributed by atoms with Crippen LogP contribution in [-0.4, -0.2) is 40.5 Å². The summed E-state index contributed by atoms with van der Waals surface area (Å²) in [6, 6.07) is 21.4. The second-order valence-corrected chi connectivity index (χ2v) is 12.9. The van der Waals surface area contributed by atoms with E-state index in [2.05, 4.69) is 6.58 Å². The standard InChI is InChI=1S/C31H26O10S2/c1-2-21-39-23-5-13-27(14-6-23)43(37,38)29-17-9-25(10-18-29)41-31(34)20-19-30(33)40-24-7-15-28(16-8-24)42(35,36)26-11-3-22(32)4-12-26/h2-18,32H,1,19-21H2. The van der Waals surface area contributed by atoms with Crippen molar-refractivity contribution in [2.75, 3.05) is 6.61 Å². The van der Waals surface area contributed by atoms with E-state index in [0.29, 0.717) is 12.4 Å². The van der Waals surface area contributed by atoms with Crippen LogP contribution in [0.1, 0.15) is 12.8 Å². The molecule has 0 fully saturated rings. The number of phenols is 1. The summed E-state index contributed by atoms with van der Waals surface area (Å²) in [6.45, 7) is 3.85. The van der Waals surface area contributed by atoms with Crippen molar-refractivity contribution in [3.63, 3.8) is 0 Å². The van der Waals surface area contributed by atoms with E-state index in [4.69, 9.17) is 14.2 Å². The molecule has 0 aliphatic heterocycles. The maximum absolute atomic E-state index is 12.9. The Hall–Kier alpha value is -4.94. The first kappa shape index (κ1) is 31.0. The molecule has 12 heteroatoms. The van der Waals surface area contributed by atoms with Gasteiger partial charge in [0.1, 0.15) is 29.6 Å². The number of sulfone groups is 2. The minimum Gasteiger partial charge on any atom is -0.508 e. The van der Waals surface area contributed by atoms with Gasteiger partial charge in [-0.1, -0.05) is 12.7 Å². The Bertz CT molecular complexity index is 1810. The number of esters is 2. The quantitative estimate of drug-likeness (QED) is 0.131. The summed E-state index contributed by atoms with van der Waals surface area (Å²) < 4.78 is 67.0. The summed E-state index contributed by atoms with van der Waals surface area (Å²) in [7, 11) is -7.65. The number of phenolic OH excluding ortho intramolecular Hbond substituents is 1. The zero-order valence-electron chi connectivity index (χ0n) is 22.6. The fourth-order valence-corrected chi connectivity index (χ4v) is 6.23. The normalized spacial score (nSPS) is 11.3. The second kappa shape index (κ2) is 13.4. The third-order valence-corrected chi connectivity index (χ3v) is 9.48. The number of ether oxygens (including phenoxy) is 3. The fourth-order valence-electron chi connectivity index (χ4n) is 3.71. The predicted molar refractivity (Wildman–Crippen MR) is 155 cm³/mol. The molecule has 4 aromatic rings. The SMILES string of the molecule is C=CCOc1ccc(S(=O)(=O)c2ccc(OC(=O)CCC(=O)Oc3ccc(S(=O)(=O)c4ccc(O)cc4)cc3)cc2)cc1. The first-order valence-electron chi connectivity index (χ1n) is 12.7. The largest absolute Gasteiger partial charge is 0.508 e. The maximum atomic E-state index is 12.9. The summed E-state index contributed by atoms with van der Waals surface area (Å²) in [5.41, 5.74) is 0. The van der Waals surface area contributed by atoms with Crippen molar-refractivity contribution in [3.8, 4) is 23.0 Å². The third kappa shape index (κ3) is 7.87. The molecular formula is C31H26O10S2. The molecule has 43 heavy (non-hydrogen) atoms. The molecule has 222 valence electrons. The molecule has 0 bridgehead atoms. The van der Waals surface area contributed by atoms with Gasteiger partial charge in [0, 0.05) is 0 Å². The van der Waals surface area contributed by atoms with E-state index >= 15 is 0 Å². The van der Waals surface area contributed by atoms with Gasteiger partial charge in [-0.3, -0.25) is 9.59 Å². The monoisotopic (exact) mass is 622 g/mol. The fraction of sp³-hybridized carbons (Fsp3) is 0.0968. The Morgan fingerprint density at radius 3 is 1.26 bits per heavy atom. The van der Waals surface area contributed by atoms with E-state index in [1.165, 1.54) is 97.1 Å². The average Bonchev–Trinajstić information content (AvgIpc) is 3.00. The van der Waals surface area contributed by atoms with Gasteiger partial charge >= 0.3 is 11.9 Å². The van der Waals surface area contributed by atoms with Crippen LogP contribution in [0.4, 0.5) is 0 Å². The van der Waals surface area contributed by atoms with Crippen LogP contribution < -0.4 is 14.2 Å². The zero-order chi connectivity index (χ0) is 31.0. The van der Waals surface area contributed by atoms with E-state index in [9.17, 15) is 31.5 Å². The van der Waals surface area contributed by atoms with Gasteiger partial charge in [0.15, 0.2) is 0 Å². The van der Waals surface area contributed by atoms with E-state index in [1.807, 2.05) is 0 Å². The number of benzene rings is 4. The van der Waals surface area contributed by atoms with Gasteiger partial charge in [0.25, 0.3) is 0 Å². The minimum absolute atomic E-state index is 0.00230. The van der Waals surface area contributed by atoms with Crippen molar-refractivity contribution in [1.29, 1.82) is 0 Å². The van der Waals surface area contributed by atoms with Crippen molar-refractivity contribution in [2.45, 2.75) is 32.4 Å². The zero-order valence-corrected chi connectivity index (χ0v) is 24.2. The van der Waals surface area contributed by atoms with Crippen molar-refractivity contribution >= 4 is 31.6 Å². The van der Waals surface area contributed by atoms with Crippen LogP contribution >= 0.6 is 0 Å². The Balaban J connectivity index is 1.28. The molecule has 0 saturated heterocycles. The molecule has 0 unspecified atom stereocenters. The first-order valence-corrected chi connectivity index (χ1v) is 15.7. The van der Waals surface area contributed by atoms with Gasteiger partial charge in [-0.25, -0.2) is 16.8 Å². The first-order chi connectivity index (χ1) is 20.5. The molecule has 4 aromatic carbocycles. The Morgan fingerprint density at radius 1 is 0.581 bits per heavy atom. The van der Waals surface area contributed by atoms with Gasteiger partial charge in [-0.15, -0.1) is 0 Å². The summed E-state index contributed by atoms with van der Waals surface area (Å²) in [6.07, 6.45) is 0.947. The van der Waals surface area contributed by atoms with Gasteiger partial charge in [0.05, 0.1) is 32.4 Å². The second-order valence-electron chi connectivity index (χ2n) is 8.96.